The first-order valence-corrected chi connectivity index (χ1v) is 12.6. The third-order valence-electron chi connectivity index (χ3n) is 7.16. The highest BCUT2D eigenvalue weighted by atomic mass is 19.1. The van der Waals surface area contributed by atoms with Crippen LogP contribution < -0.4 is 20.7 Å². The zero-order valence-corrected chi connectivity index (χ0v) is 21.9. The lowest BCUT2D eigenvalue weighted by molar-refractivity contribution is -0.133. The second kappa shape index (κ2) is 10.5. The van der Waals surface area contributed by atoms with Crippen molar-refractivity contribution >= 4 is 35.0 Å². The van der Waals surface area contributed by atoms with E-state index in [4.69, 9.17) is 10.5 Å². The molecule has 2 fully saturated rings. The van der Waals surface area contributed by atoms with Gasteiger partial charge in [0.15, 0.2) is 5.82 Å². The Bertz CT molecular complexity index is 1460. The third-order valence-corrected chi connectivity index (χ3v) is 7.16. The van der Waals surface area contributed by atoms with Crippen molar-refractivity contribution in [2.75, 3.05) is 37.4 Å². The number of ether oxygens (including phenoxy) is 1. The Hall–Kier alpha value is -4.58. The molecule has 0 atom stereocenters. The summed E-state index contributed by atoms with van der Waals surface area (Å²) in [6, 6.07) is 11.9. The van der Waals surface area contributed by atoms with Crippen molar-refractivity contribution in [2.45, 2.75) is 18.9 Å². The van der Waals surface area contributed by atoms with E-state index < -0.39 is 28.9 Å². The summed E-state index contributed by atoms with van der Waals surface area (Å²) >= 11 is 0. The topological polar surface area (TPSA) is 121 Å². The number of amides is 4. The number of hydrogen-bond acceptors (Lipinski definition) is 6. The zero-order chi connectivity index (χ0) is 28.6. The Balaban J connectivity index is 1.34. The molecule has 0 radical (unpaired) electrons. The summed E-state index contributed by atoms with van der Waals surface area (Å²) in [7, 11) is 3.92. The van der Waals surface area contributed by atoms with E-state index in [1.165, 1.54) is 36.5 Å². The molecule has 2 aliphatic rings. The van der Waals surface area contributed by atoms with Crippen molar-refractivity contribution in [1.82, 2.24) is 14.8 Å². The van der Waals surface area contributed by atoms with Gasteiger partial charge >= 0.3 is 6.03 Å². The van der Waals surface area contributed by atoms with E-state index in [0.717, 1.165) is 23.1 Å². The van der Waals surface area contributed by atoms with Crippen LogP contribution in [0.3, 0.4) is 0 Å². The average molecular weight is 551 g/mol. The van der Waals surface area contributed by atoms with E-state index in [1.807, 2.05) is 14.1 Å². The van der Waals surface area contributed by atoms with Crippen LogP contribution in [0.5, 0.6) is 11.5 Å². The Kier molecular flexibility index (Phi) is 7.11. The minimum absolute atomic E-state index is 0.115. The second-order valence-corrected chi connectivity index (χ2v) is 10.1. The van der Waals surface area contributed by atoms with Crippen LogP contribution in [-0.2, 0) is 9.59 Å². The van der Waals surface area contributed by atoms with E-state index >= 15 is 4.39 Å². The molecule has 0 bridgehead atoms. The van der Waals surface area contributed by atoms with Gasteiger partial charge in [-0.25, -0.2) is 18.6 Å². The van der Waals surface area contributed by atoms with Gasteiger partial charge in [0.1, 0.15) is 28.5 Å². The van der Waals surface area contributed by atoms with Crippen LogP contribution in [0.1, 0.15) is 12.8 Å². The molecule has 1 saturated heterocycles. The van der Waals surface area contributed by atoms with Crippen LogP contribution in [0.2, 0.25) is 0 Å². The normalized spacial score (nSPS) is 15.8. The van der Waals surface area contributed by atoms with Crippen LogP contribution in [0, 0.1) is 17.0 Å². The number of carbonyl (C=O) groups excluding carboxylic acids is 3. The van der Waals surface area contributed by atoms with Crippen molar-refractivity contribution in [1.29, 1.82) is 0 Å². The van der Waals surface area contributed by atoms with Gasteiger partial charge in [0, 0.05) is 43.1 Å². The monoisotopic (exact) mass is 550 g/mol. The van der Waals surface area contributed by atoms with Gasteiger partial charge in [0.25, 0.3) is 0 Å². The number of primary amides is 1. The molecule has 40 heavy (non-hydrogen) atoms. The minimum atomic E-state index is -1.43. The number of carbonyl (C=O) groups is 3. The van der Waals surface area contributed by atoms with E-state index in [1.54, 1.807) is 11.0 Å². The lowest BCUT2D eigenvalue weighted by Crippen LogP contribution is -2.60. The highest BCUT2D eigenvalue weighted by Gasteiger charge is 2.57. The number of nitrogens with zero attached hydrogens (tertiary/aromatic N) is 4. The summed E-state index contributed by atoms with van der Waals surface area (Å²) in [6.45, 7) is 1.22. The predicted molar refractivity (Wildman–Crippen MR) is 143 cm³/mol. The van der Waals surface area contributed by atoms with Gasteiger partial charge in [-0.15, -0.1) is 0 Å². The first kappa shape index (κ1) is 27.0. The summed E-state index contributed by atoms with van der Waals surface area (Å²) in [5.74, 6) is -2.15. The number of rotatable bonds is 8. The molecular formula is C28H28F2N6O4. The van der Waals surface area contributed by atoms with Gasteiger partial charge in [-0.05, 0) is 69.4 Å². The van der Waals surface area contributed by atoms with Gasteiger partial charge in [0.2, 0.25) is 11.8 Å². The molecule has 2 heterocycles. The van der Waals surface area contributed by atoms with Crippen LogP contribution in [-0.4, -0.2) is 65.9 Å². The number of likely N-dealkylation sites (N-methyl/N-ethyl adjacent to an activating group) is 1. The van der Waals surface area contributed by atoms with Crippen LogP contribution >= 0.6 is 0 Å². The summed E-state index contributed by atoms with van der Waals surface area (Å²) < 4.78 is 34.8. The molecule has 10 nitrogen and oxygen atoms in total. The lowest BCUT2D eigenvalue weighted by Gasteiger charge is -2.42. The number of nitrogens with two attached hydrogens (primary N) is 1. The third kappa shape index (κ3) is 5.30. The van der Waals surface area contributed by atoms with Gasteiger partial charge in [-0.3, -0.25) is 19.8 Å². The van der Waals surface area contributed by atoms with Crippen molar-refractivity contribution in [2.24, 2.45) is 11.1 Å². The molecule has 0 unspecified atom stereocenters. The first-order chi connectivity index (χ1) is 19.1. The highest BCUT2D eigenvalue weighted by Crippen LogP contribution is 2.49. The molecule has 1 aromatic heterocycles. The SMILES string of the molecule is CN(C)C1CN(C(=O)Nc2cc(Oc3ccc(N(C(=O)C4(C(N)=O)CC4)c4ccc(F)cc4)c(F)c3)ccn2)C1. The van der Waals surface area contributed by atoms with E-state index in [-0.39, 0.29) is 41.8 Å². The van der Waals surface area contributed by atoms with Crippen molar-refractivity contribution in [3.05, 3.63) is 72.4 Å². The fourth-order valence-corrected chi connectivity index (χ4v) is 4.41. The van der Waals surface area contributed by atoms with Crippen molar-refractivity contribution in [3.63, 3.8) is 0 Å². The molecular weight excluding hydrogens is 522 g/mol. The molecule has 3 N–H and O–H groups in total. The first-order valence-electron chi connectivity index (χ1n) is 12.6. The highest BCUT2D eigenvalue weighted by molar-refractivity contribution is 6.16. The summed E-state index contributed by atoms with van der Waals surface area (Å²) in [5, 5.41) is 2.72. The largest absolute Gasteiger partial charge is 0.457 e. The number of urea groups is 1. The molecule has 1 aliphatic heterocycles. The smallest absolute Gasteiger partial charge is 0.323 e. The van der Waals surface area contributed by atoms with E-state index in [0.29, 0.717) is 24.9 Å². The van der Waals surface area contributed by atoms with Crippen LogP contribution in [0.4, 0.5) is 30.8 Å². The van der Waals surface area contributed by atoms with Gasteiger partial charge < -0.3 is 20.3 Å². The summed E-state index contributed by atoms with van der Waals surface area (Å²) in [4.78, 5) is 46.8. The maximum Gasteiger partial charge on any atom is 0.323 e. The van der Waals surface area contributed by atoms with Crippen LogP contribution in [0.25, 0.3) is 0 Å². The number of pyridine rings is 1. The Morgan fingerprint density at radius 3 is 2.30 bits per heavy atom. The number of aromatic nitrogens is 1. The molecule has 5 rings (SSSR count). The number of hydrogen-bond donors (Lipinski definition) is 2. The molecule has 208 valence electrons. The second-order valence-electron chi connectivity index (χ2n) is 10.1. The molecule has 3 aromatic rings. The van der Waals surface area contributed by atoms with Gasteiger partial charge in [0.05, 0.1) is 5.69 Å². The van der Waals surface area contributed by atoms with Crippen molar-refractivity contribution < 1.29 is 27.9 Å². The van der Waals surface area contributed by atoms with Crippen LogP contribution in [0.15, 0.2) is 60.8 Å². The number of benzene rings is 2. The summed E-state index contributed by atoms with van der Waals surface area (Å²) in [6.07, 6.45) is 1.94. The van der Waals surface area contributed by atoms with Crippen molar-refractivity contribution in [3.8, 4) is 11.5 Å². The van der Waals surface area contributed by atoms with E-state index in [2.05, 4.69) is 15.2 Å². The maximum atomic E-state index is 15.5. The molecule has 1 aliphatic carbocycles. The van der Waals surface area contributed by atoms with Gasteiger partial charge in [-0.2, -0.15) is 0 Å². The fourth-order valence-electron chi connectivity index (χ4n) is 4.41. The quantitative estimate of drug-likeness (QED) is 0.411. The molecule has 2 aromatic carbocycles. The summed E-state index contributed by atoms with van der Waals surface area (Å²) in [5.41, 5.74) is 4.09. The number of likely N-dealkylation sites (tertiary alicyclic amines) is 1. The Morgan fingerprint density at radius 2 is 1.70 bits per heavy atom. The standard InChI is InChI=1S/C28H28F2N6O4/c1-34(2)19-15-35(16-19)27(39)33-24-14-21(9-12-32-24)40-20-7-8-23(22(30)13-20)36(18-5-3-17(29)4-6-18)26(38)28(10-11-28)25(31)37/h3-9,12-14,19H,10-11,15-16H2,1-2H3,(H2,31,37)(H,32,33,39). The molecule has 0 spiro atoms. The minimum Gasteiger partial charge on any atom is -0.457 e. The molecule has 1 saturated carbocycles. The number of halogens is 2. The average Bonchev–Trinajstić information content (AvgIpc) is 3.68. The maximum absolute atomic E-state index is 15.5. The Morgan fingerprint density at radius 1 is 1.02 bits per heavy atom. The lowest BCUT2D eigenvalue weighted by atomic mass is 10.0. The zero-order valence-electron chi connectivity index (χ0n) is 21.9. The molecule has 12 heteroatoms. The fraction of sp³-hybridized carbons (Fsp3) is 0.286. The number of nitrogens with one attached hydrogen (secondary N) is 1. The molecule has 4 amide bonds. The predicted octanol–water partition coefficient (Wildman–Crippen LogP) is 3.86. The number of anilines is 3. The van der Waals surface area contributed by atoms with E-state index in [9.17, 15) is 18.8 Å². The van der Waals surface area contributed by atoms with Gasteiger partial charge in [-0.1, -0.05) is 0 Å². The Labute approximate surface area is 229 Å².